The van der Waals surface area contributed by atoms with Gasteiger partial charge in [0.15, 0.2) is 28.8 Å². The summed E-state index contributed by atoms with van der Waals surface area (Å²) in [6.07, 6.45) is 0.318. The van der Waals surface area contributed by atoms with Gasteiger partial charge in [-0.25, -0.2) is 0 Å². The normalized spacial score (nSPS) is 16.1. The number of ketones is 1. The van der Waals surface area contributed by atoms with Gasteiger partial charge in [0.25, 0.3) is 0 Å². The molecule has 1 heterocycles. The Morgan fingerprint density at radius 2 is 1.88 bits per heavy atom. The Morgan fingerprint density at radius 1 is 1.12 bits per heavy atom. The van der Waals surface area contributed by atoms with Gasteiger partial charge in [-0.2, -0.15) is 0 Å². The van der Waals surface area contributed by atoms with Crippen molar-refractivity contribution < 1.29 is 34.3 Å². The number of aromatic hydroxyl groups is 3. The van der Waals surface area contributed by atoms with E-state index in [4.69, 9.17) is 14.2 Å². The molecule has 2 aromatic carbocycles. The Kier molecular flexibility index (Phi) is 4.31. The van der Waals surface area contributed by atoms with E-state index in [0.717, 1.165) is 5.56 Å². The van der Waals surface area contributed by atoms with Gasteiger partial charge in [0.2, 0.25) is 5.75 Å². The van der Waals surface area contributed by atoms with Crippen molar-refractivity contribution in [1.29, 1.82) is 0 Å². The summed E-state index contributed by atoms with van der Waals surface area (Å²) in [5, 5.41) is 29.9. The number of hydrogen-bond acceptors (Lipinski definition) is 7. The highest BCUT2D eigenvalue weighted by Crippen LogP contribution is 2.46. The lowest BCUT2D eigenvalue weighted by atomic mass is 9.88. The molecule has 0 saturated carbocycles. The maximum absolute atomic E-state index is 12.8. The number of rotatable bonds is 4. The molecule has 0 radical (unpaired) electrons. The first-order chi connectivity index (χ1) is 12.0. The zero-order chi connectivity index (χ0) is 18.1. The molecule has 3 rings (SSSR count). The van der Waals surface area contributed by atoms with Crippen molar-refractivity contribution >= 4 is 5.78 Å². The minimum atomic E-state index is -0.541. The van der Waals surface area contributed by atoms with Crippen LogP contribution in [0.2, 0.25) is 0 Å². The Labute approximate surface area is 144 Å². The summed E-state index contributed by atoms with van der Waals surface area (Å²) in [7, 11) is 2.74. The SMILES string of the molecule is COc1ccc(C[C@H]2COc3cc(O)c(OC)c(O)c3C2=O)cc1O. The summed E-state index contributed by atoms with van der Waals surface area (Å²) < 4.78 is 15.5. The minimum Gasteiger partial charge on any atom is -0.504 e. The molecule has 1 atom stereocenters. The number of phenolic OH excluding ortho intramolecular Hbond substituents is 3. The van der Waals surface area contributed by atoms with E-state index in [-0.39, 0.29) is 41.0 Å². The van der Waals surface area contributed by atoms with Gasteiger partial charge in [0.1, 0.15) is 11.3 Å². The molecule has 0 amide bonds. The summed E-state index contributed by atoms with van der Waals surface area (Å²) in [5.74, 6) is -1.31. The summed E-state index contributed by atoms with van der Waals surface area (Å²) in [6, 6.07) is 6.14. The first kappa shape index (κ1) is 16.8. The summed E-state index contributed by atoms with van der Waals surface area (Å²) in [5.41, 5.74) is 0.720. The van der Waals surface area contributed by atoms with Crippen LogP contribution in [0.5, 0.6) is 34.5 Å². The number of Topliss-reactive ketones (excluding diaryl/α,β-unsaturated/α-hetero) is 1. The van der Waals surface area contributed by atoms with Gasteiger partial charge in [-0.05, 0) is 24.1 Å². The molecule has 7 nitrogen and oxygen atoms in total. The van der Waals surface area contributed by atoms with Crippen LogP contribution in [-0.4, -0.2) is 41.9 Å². The molecule has 0 aliphatic carbocycles. The van der Waals surface area contributed by atoms with Crippen LogP contribution in [0.15, 0.2) is 24.3 Å². The lowest BCUT2D eigenvalue weighted by Gasteiger charge is -2.25. The summed E-state index contributed by atoms with van der Waals surface area (Å²) in [6.45, 7) is 0.101. The molecule has 0 unspecified atom stereocenters. The maximum atomic E-state index is 12.8. The zero-order valence-corrected chi connectivity index (χ0v) is 13.8. The van der Waals surface area contributed by atoms with Crippen molar-refractivity contribution in [3.8, 4) is 34.5 Å². The standard InChI is InChI=1S/C18H18O7/c1-23-13-4-3-9(6-11(13)19)5-10-8-25-14-7-12(20)18(24-2)17(22)15(14)16(10)21/h3-4,6-7,10,19-20,22H,5,8H2,1-2H3/t10-/m0/s1. The van der Waals surface area contributed by atoms with Gasteiger partial charge in [0, 0.05) is 6.07 Å². The van der Waals surface area contributed by atoms with E-state index in [2.05, 4.69) is 0 Å². The molecule has 132 valence electrons. The fraction of sp³-hybridized carbons (Fsp3) is 0.278. The Hall–Kier alpha value is -3.09. The largest absolute Gasteiger partial charge is 0.504 e. The number of hydrogen-bond donors (Lipinski definition) is 3. The quantitative estimate of drug-likeness (QED) is 0.780. The monoisotopic (exact) mass is 346 g/mol. The van der Waals surface area contributed by atoms with Crippen LogP contribution in [0.25, 0.3) is 0 Å². The molecular weight excluding hydrogens is 328 g/mol. The molecule has 0 aromatic heterocycles. The highest BCUT2D eigenvalue weighted by molar-refractivity contribution is 6.05. The third kappa shape index (κ3) is 2.88. The lowest BCUT2D eigenvalue weighted by Crippen LogP contribution is -2.29. The number of ether oxygens (including phenoxy) is 3. The van der Waals surface area contributed by atoms with Gasteiger partial charge in [-0.15, -0.1) is 0 Å². The van der Waals surface area contributed by atoms with E-state index in [1.165, 1.54) is 26.4 Å². The van der Waals surface area contributed by atoms with E-state index >= 15 is 0 Å². The van der Waals surface area contributed by atoms with Crippen LogP contribution in [-0.2, 0) is 6.42 Å². The van der Waals surface area contributed by atoms with Crippen LogP contribution in [0.3, 0.4) is 0 Å². The number of fused-ring (bicyclic) bond motifs is 1. The predicted molar refractivity (Wildman–Crippen MR) is 88.0 cm³/mol. The first-order valence-electron chi connectivity index (χ1n) is 7.62. The minimum absolute atomic E-state index is 0.0105. The van der Waals surface area contributed by atoms with Crippen molar-refractivity contribution in [2.24, 2.45) is 5.92 Å². The van der Waals surface area contributed by atoms with Crippen molar-refractivity contribution in [1.82, 2.24) is 0 Å². The number of methoxy groups -OCH3 is 2. The van der Waals surface area contributed by atoms with Crippen LogP contribution < -0.4 is 14.2 Å². The second-order valence-electron chi connectivity index (χ2n) is 5.73. The van der Waals surface area contributed by atoms with Crippen LogP contribution in [0.1, 0.15) is 15.9 Å². The van der Waals surface area contributed by atoms with E-state index in [1.54, 1.807) is 12.1 Å². The third-order valence-corrected chi connectivity index (χ3v) is 4.19. The number of carbonyl (C=O) groups excluding carboxylic acids is 1. The highest BCUT2D eigenvalue weighted by atomic mass is 16.5. The summed E-state index contributed by atoms with van der Waals surface area (Å²) in [4.78, 5) is 12.8. The van der Waals surface area contributed by atoms with Gasteiger partial charge in [-0.3, -0.25) is 4.79 Å². The third-order valence-electron chi connectivity index (χ3n) is 4.19. The molecule has 0 bridgehead atoms. The summed E-state index contributed by atoms with van der Waals surface area (Å²) >= 11 is 0. The molecule has 0 fully saturated rings. The van der Waals surface area contributed by atoms with Crippen molar-refractivity contribution in [2.75, 3.05) is 20.8 Å². The lowest BCUT2D eigenvalue weighted by molar-refractivity contribution is 0.0824. The highest BCUT2D eigenvalue weighted by Gasteiger charge is 2.34. The molecule has 0 saturated heterocycles. The molecule has 1 aliphatic heterocycles. The number of carbonyl (C=O) groups is 1. The van der Waals surface area contributed by atoms with Crippen LogP contribution >= 0.6 is 0 Å². The van der Waals surface area contributed by atoms with Gasteiger partial charge >= 0.3 is 0 Å². The number of benzene rings is 2. The Bertz CT molecular complexity index is 829. The molecule has 7 heteroatoms. The maximum Gasteiger partial charge on any atom is 0.203 e. The predicted octanol–water partition coefficient (Wildman–Crippen LogP) is 2.25. The molecular formula is C18H18O7. The first-order valence-corrected chi connectivity index (χ1v) is 7.62. The molecule has 25 heavy (non-hydrogen) atoms. The van der Waals surface area contributed by atoms with E-state index in [0.29, 0.717) is 12.2 Å². The second-order valence-corrected chi connectivity index (χ2v) is 5.73. The van der Waals surface area contributed by atoms with E-state index < -0.39 is 11.7 Å². The van der Waals surface area contributed by atoms with Crippen molar-refractivity contribution in [3.63, 3.8) is 0 Å². The van der Waals surface area contributed by atoms with Crippen molar-refractivity contribution in [3.05, 3.63) is 35.4 Å². The van der Waals surface area contributed by atoms with Crippen molar-refractivity contribution in [2.45, 2.75) is 6.42 Å². The smallest absolute Gasteiger partial charge is 0.203 e. The average molecular weight is 346 g/mol. The Morgan fingerprint density at radius 3 is 2.52 bits per heavy atom. The zero-order valence-electron chi connectivity index (χ0n) is 13.8. The fourth-order valence-electron chi connectivity index (χ4n) is 2.94. The van der Waals surface area contributed by atoms with E-state index in [9.17, 15) is 20.1 Å². The van der Waals surface area contributed by atoms with Crippen LogP contribution in [0.4, 0.5) is 0 Å². The van der Waals surface area contributed by atoms with E-state index in [1.807, 2.05) is 0 Å². The van der Waals surface area contributed by atoms with Gasteiger partial charge in [0.05, 0.1) is 26.7 Å². The average Bonchev–Trinajstić information content (AvgIpc) is 2.57. The second kappa shape index (κ2) is 6.43. The molecule has 0 spiro atoms. The Balaban J connectivity index is 1.90. The molecule has 2 aromatic rings. The fourth-order valence-corrected chi connectivity index (χ4v) is 2.94. The van der Waals surface area contributed by atoms with Crippen LogP contribution in [0, 0.1) is 5.92 Å². The topological polar surface area (TPSA) is 105 Å². The molecule has 1 aliphatic rings. The number of phenols is 3. The van der Waals surface area contributed by atoms with Gasteiger partial charge in [-0.1, -0.05) is 6.07 Å². The van der Waals surface area contributed by atoms with Gasteiger partial charge < -0.3 is 29.5 Å². The molecule has 3 N–H and O–H groups in total.